The zero-order chi connectivity index (χ0) is 16.1. The van der Waals surface area contributed by atoms with Crippen molar-refractivity contribution < 1.29 is 13.9 Å². The lowest BCUT2D eigenvalue weighted by atomic mass is 9.99. The number of carbonyl (C=O) groups is 1. The molecule has 1 aromatic rings. The summed E-state index contributed by atoms with van der Waals surface area (Å²) in [5.74, 6) is 2.75. The maximum absolute atomic E-state index is 12.7. The number of likely N-dealkylation sites (tertiary alicyclic amines) is 1. The predicted molar refractivity (Wildman–Crippen MR) is 91.8 cm³/mol. The Hall–Kier alpha value is -0.980. The molecule has 0 aliphatic carbocycles. The molecule has 6 heteroatoms. The van der Waals surface area contributed by atoms with Crippen molar-refractivity contribution in [3.8, 4) is 0 Å². The number of rotatable bonds is 5. The number of hydrogen-bond acceptors (Lipinski definition) is 5. The average Bonchev–Trinajstić information content (AvgIpc) is 3.04. The molecular weight excluding hydrogens is 312 g/mol. The summed E-state index contributed by atoms with van der Waals surface area (Å²) in [5.41, 5.74) is 0.693. The number of piperidine rings is 1. The molecule has 128 valence electrons. The number of thioether (sulfide) groups is 1. The van der Waals surface area contributed by atoms with E-state index >= 15 is 0 Å². The van der Waals surface area contributed by atoms with Gasteiger partial charge in [-0.15, -0.1) is 0 Å². The zero-order valence-corrected chi connectivity index (χ0v) is 14.6. The highest BCUT2D eigenvalue weighted by molar-refractivity contribution is 7.98. The Balaban J connectivity index is 1.57. The summed E-state index contributed by atoms with van der Waals surface area (Å²) in [4.78, 5) is 17.0. The first-order valence-electron chi connectivity index (χ1n) is 8.42. The van der Waals surface area contributed by atoms with Gasteiger partial charge >= 0.3 is 0 Å². The number of nitrogens with zero attached hydrogens (tertiary/aromatic N) is 2. The van der Waals surface area contributed by atoms with Crippen LogP contribution in [0.25, 0.3) is 0 Å². The fourth-order valence-corrected chi connectivity index (χ4v) is 4.10. The van der Waals surface area contributed by atoms with E-state index in [0.717, 1.165) is 63.9 Å². The molecule has 2 aliphatic rings. The van der Waals surface area contributed by atoms with Crippen LogP contribution in [0.4, 0.5) is 0 Å². The molecule has 2 saturated heterocycles. The van der Waals surface area contributed by atoms with Crippen molar-refractivity contribution in [3.63, 3.8) is 0 Å². The molecular formula is C17H26N2O3S. The standard InChI is InChI=1S/C17H26N2O3S/c1-23-13-14-3-2-4-19(10-14)17(20)15-9-16(22-12-15)11-18-5-7-21-8-6-18/h9,12,14H,2-8,10-11,13H2,1H3/t14-/m1/s1. The fourth-order valence-electron chi connectivity index (χ4n) is 3.36. The van der Waals surface area contributed by atoms with Crippen molar-refractivity contribution in [1.29, 1.82) is 0 Å². The summed E-state index contributed by atoms with van der Waals surface area (Å²) in [7, 11) is 0. The minimum Gasteiger partial charge on any atom is -0.467 e. The van der Waals surface area contributed by atoms with E-state index in [-0.39, 0.29) is 5.91 Å². The summed E-state index contributed by atoms with van der Waals surface area (Å²) < 4.78 is 11.0. The number of amides is 1. The Labute approximate surface area is 142 Å². The minimum absolute atomic E-state index is 0.118. The Kier molecular flexibility index (Phi) is 6.02. The maximum Gasteiger partial charge on any atom is 0.257 e. The van der Waals surface area contributed by atoms with Crippen LogP contribution in [-0.2, 0) is 11.3 Å². The molecule has 1 aromatic heterocycles. The fraction of sp³-hybridized carbons (Fsp3) is 0.706. The van der Waals surface area contributed by atoms with Gasteiger partial charge in [-0.25, -0.2) is 0 Å². The highest BCUT2D eigenvalue weighted by atomic mass is 32.2. The van der Waals surface area contributed by atoms with E-state index in [1.807, 2.05) is 22.7 Å². The van der Waals surface area contributed by atoms with Crippen LogP contribution in [0.15, 0.2) is 16.7 Å². The van der Waals surface area contributed by atoms with Crippen LogP contribution in [-0.4, -0.2) is 67.1 Å². The van der Waals surface area contributed by atoms with Crippen molar-refractivity contribution in [2.45, 2.75) is 19.4 Å². The molecule has 0 aromatic carbocycles. The van der Waals surface area contributed by atoms with Crippen molar-refractivity contribution in [1.82, 2.24) is 9.80 Å². The largest absolute Gasteiger partial charge is 0.467 e. The van der Waals surface area contributed by atoms with E-state index in [0.29, 0.717) is 11.5 Å². The highest BCUT2D eigenvalue weighted by Gasteiger charge is 2.25. The molecule has 0 saturated carbocycles. The predicted octanol–water partition coefficient (Wildman–Crippen LogP) is 2.33. The van der Waals surface area contributed by atoms with Gasteiger partial charge < -0.3 is 14.1 Å². The van der Waals surface area contributed by atoms with Gasteiger partial charge in [0.25, 0.3) is 5.91 Å². The van der Waals surface area contributed by atoms with Crippen LogP contribution in [0.2, 0.25) is 0 Å². The topological polar surface area (TPSA) is 45.9 Å². The van der Waals surface area contributed by atoms with Crippen LogP contribution < -0.4 is 0 Å². The average molecular weight is 338 g/mol. The molecule has 3 heterocycles. The van der Waals surface area contributed by atoms with E-state index in [2.05, 4.69) is 11.2 Å². The molecule has 23 heavy (non-hydrogen) atoms. The molecule has 5 nitrogen and oxygen atoms in total. The van der Waals surface area contributed by atoms with Gasteiger partial charge in [-0.05, 0) is 36.8 Å². The third-order valence-electron chi connectivity index (χ3n) is 4.59. The zero-order valence-electron chi connectivity index (χ0n) is 13.8. The van der Waals surface area contributed by atoms with Crippen molar-refractivity contribution in [3.05, 3.63) is 23.7 Å². The van der Waals surface area contributed by atoms with Gasteiger partial charge in [0, 0.05) is 26.2 Å². The number of ether oxygens (including phenoxy) is 1. The summed E-state index contributed by atoms with van der Waals surface area (Å²) in [6.45, 7) is 5.90. The molecule has 1 atom stereocenters. The van der Waals surface area contributed by atoms with Gasteiger partial charge in [-0.3, -0.25) is 9.69 Å². The summed E-state index contributed by atoms with van der Waals surface area (Å²) in [5, 5.41) is 0. The van der Waals surface area contributed by atoms with Gasteiger partial charge in [0.05, 0.1) is 25.3 Å². The molecule has 0 spiro atoms. The van der Waals surface area contributed by atoms with E-state index in [1.165, 1.54) is 6.42 Å². The lowest BCUT2D eigenvalue weighted by Gasteiger charge is -2.32. The second kappa shape index (κ2) is 8.22. The van der Waals surface area contributed by atoms with Crippen LogP contribution in [0.5, 0.6) is 0 Å². The van der Waals surface area contributed by atoms with E-state index in [1.54, 1.807) is 6.26 Å². The van der Waals surface area contributed by atoms with Crippen LogP contribution in [0.1, 0.15) is 29.0 Å². The summed E-state index contributed by atoms with van der Waals surface area (Å²) in [6.07, 6.45) is 6.10. The lowest BCUT2D eigenvalue weighted by molar-refractivity contribution is 0.0313. The Morgan fingerprint density at radius 2 is 2.17 bits per heavy atom. The second-order valence-electron chi connectivity index (χ2n) is 6.40. The van der Waals surface area contributed by atoms with E-state index in [4.69, 9.17) is 9.15 Å². The number of morpholine rings is 1. The van der Waals surface area contributed by atoms with Crippen LogP contribution >= 0.6 is 11.8 Å². The molecule has 3 rings (SSSR count). The lowest BCUT2D eigenvalue weighted by Crippen LogP contribution is -2.40. The van der Waals surface area contributed by atoms with Gasteiger partial charge in [-0.2, -0.15) is 11.8 Å². The molecule has 0 unspecified atom stereocenters. The summed E-state index contributed by atoms with van der Waals surface area (Å²) in [6, 6.07) is 1.91. The van der Waals surface area contributed by atoms with Crippen molar-refractivity contribution in [2.24, 2.45) is 5.92 Å². The first-order valence-corrected chi connectivity index (χ1v) is 9.81. The van der Waals surface area contributed by atoms with Gasteiger partial charge in [0.1, 0.15) is 12.0 Å². The third-order valence-corrected chi connectivity index (χ3v) is 5.40. The SMILES string of the molecule is CSC[C@@H]1CCCN(C(=O)c2coc(CN3CCOCC3)c2)C1. The van der Waals surface area contributed by atoms with E-state index in [9.17, 15) is 4.79 Å². The third kappa shape index (κ3) is 4.52. The maximum atomic E-state index is 12.7. The molecule has 0 radical (unpaired) electrons. The number of furan rings is 1. The van der Waals surface area contributed by atoms with Crippen molar-refractivity contribution >= 4 is 17.7 Å². The molecule has 1 amide bonds. The molecule has 2 aliphatic heterocycles. The van der Waals surface area contributed by atoms with E-state index < -0.39 is 0 Å². The van der Waals surface area contributed by atoms with Gasteiger partial charge in [0.15, 0.2) is 0 Å². The van der Waals surface area contributed by atoms with Crippen LogP contribution in [0.3, 0.4) is 0 Å². The van der Waals surface area contributed by atoms with Crippen LogP contribution in [0, 0.1) is 5.92 Å². The second-order valence-corrected chi connectivity index (χ2v) is 7.32. The number of carbonyl (C=O) groups excluding carboxylic acids is 1. The molecule has 2 fully saturated rings. The summed E-state index contributed by atoms with van der Waals surface area (Å²) >= 11 is 1.87. The van der Waals surface area contributed by atoms with Gasteiger partial charge in [0.2, 0.25) is 0 Å². The Bertz CT molecular complexity index is 512. The normalized spacial score (nSPS) is 23.2. The smallest absolute Gasteiger partial charge is 0.257 e. The molecule has 0 bridgehead atoms. The first-order chi connectivity index (χ1) is 11.3. The Morgan fingerprint density at radius 3 is 2.96 bits per heavy atom. The Morgan fingerprint density at radius 1 is 1.35 bits per heavy atom. The monoisotopic (exact) mass is 338 g/mol. The quantitative estimate of drug-likeness (QED) is 0.824. The molecule has 0 N–H and O–H groups in total. The van der Waals surface area contributed by atoms with Crippen molar-refractivity contribution in [2.75, 3.05) is 51.4 Å². The first kappa shape index (κ1) is 16.9. The highest BCUT2D eigenvalue weighted by Crippen LogP contribution is 2.22. The van der Waals surface area contributed by atoms with Gasteiger partial charge in [-0.1, -0.05) is 0 Å². The number of hydrogen-bond donors (Lipinski definition) is 0. The minimum atomic E-state index is 0.118.